The Kier molecular flexibility index (Phi) is 8.65. The van der Waals surface area contributed by atoms with E-state index in [4.69, 9.17) is 14.6 Å². The lowest BCUT2D eigenvalue weighted by Crippen LogP contribution is -2.40. The Hall–Kier alpha value is -4.60. The van der Waals surface area contributed by atoms with Crippen molar-refractivity contribution in [1.82, 2.24) is 4.90 Å². The molecule has 0 unspecified atom stereocenters. The van der Waals surface area contributed by atoms with Crippen molar-refractivity contribution in [3.8, 4) is 11.5 Å². The molecule has 3 N–H and O–H groups in total. The molecule has 1 fully saturated rings. The van der Waals surface area contributed by atoms with Crippen molar-refractivity contribution in [1.29, 1.82) is 0 Å². The zero-order chi connectivity index (χ0) is 27.9. The van der Waals surface area contributed by atoms with Crippen molar-refractivity contribution in [3.05, 3.63) is 83.2 Å². The molecule has 204 valence electrons. The molecule has 3 amide bonds. The fourth-order valence-corrected chi connectivity index (χ4v) is 4.49. The Morgan fingerprint density at radius 2 is 1.79 bits per heavy atom. The second kappa shape index (κ2) is 12.3. The maximum absolute atomic E-state index is 14.2. The van der Waals surface area contributed by atoms with Crippen LogP contribution in [0, 0.1) is 12.7 Å². The number of carboxylic acid groups (broad SMARTS) is 1. The molecule has 1 aliphatic rings. The zero-order valence-corrected chi connectivity index (χ0v) is 21.7. The molecule has 39 heavy (non-hydrogen) atoms. The fourth-order valence-electron chi connectivity index (χ4n) is 4.49. The summed E-state index contributed by atoms with van der Waals surface area (Å²) in [5, 5.41) is 14.6. The molecule has 10 heteroatoms. The summed E-state index contributed by atoms with van der Waals surface area (Å²) < 4.78 is 25.3. The fraction of sp³-hybridized carbons (Fsp3) is 0.276. The molecule has 0 aromatic heterocycles. The Labute approximate surface area is 225 Å². The predicted molar refractivity (Wildman–Crippen MR) is 144 cm³/mol. The number of likely N-dealkylation sites (tertiary alicyclic amines) is 1. The van der Waals surface area contributed by atoms with Crippen molar-refractivity contribution in [2.75, 3.05) is 30.9 Å². The van der Waals surface area contributed by atoms with Gasteiger partial charge in [0.1, 0.15) is 12.4 Å². The van der Waals surface area contributed by atoms with Crippen LogP contribution in [0.1, 0.15) is 34.3 Å². The van der Waals surface area contributed by atoms with Gasteiger partial charge in [-0.25, -0.2) is 14.0 Å². The number of methoxy groups -OCH3 is 1. The molecule has 3 aromatic carbocycles. The highest BCUT2D eigenvalue weighted by molar-refractivity contribution is 6.01. The number of carboxylic acids is 1. The summed E-state index contributed by atoms with van der Waals surface area (Å²) in [7, 11) is 1.49. The van der Waals surface area contributed by atoms with E-state index in [0.29, 0.717) is 35.7 Å². The van der Waals surface area contributed by atoms with E-state index < -0.39 is 17.8 Å². The maximum Gasteiger partial charge on any atom is 0.335 e. The third-order valence-corrected chi connectivity index (χ3v) is 6.57. The van der Waals surface area contributed by atoms with Gasteiger partial charge in [0.15, 0.2) is 11.6 Å². The Balaban J connectivity index is 1.36. The number of urea groups is 1. The van der Waals surface area contributed by atoms with Crippen LogP contribution in [0.4, 0.5) is 20.6 Å². The van der Waals surface area contributed by atoms with Gasteiger partial charge < -0.3 is 30.1 Å². The van der Waals surface area contributed by atoms with Crippen LogP contribution in [0.25, 0.3) is 0 Å². The van der Waals surface area contributed by atoms with Gasteiger partial charge in [-0.15, -0.1) is 0 Å². The minimum absolute atomic E-state index is 0.0569. The van der Waals surface area contributed by atoms with Gasteiger partial charge in [-0.05, 0) is 67.3 Å². The molecule has 1 saturated heterocycles. The number of anilines is 2. The van der Waals surface area contributed by atoms with Gasteiger partial charge in [-0.2, -0.15) is 0 Å². The number of hydrogen-bond acceptors (Lipinski definition) is 5. The molecule has 0 saturated carbocycles. The third kappa shape index (κ3) is 6.84. The monoisotopic (exact) mass is 535 g/mol. The number of ether oxygens (including phenoxy) is 2. The van der Waals surface area contributed by atoms with Crippen molar-refractivity contribution >= 4 is 29.3 Å². The second-order valence-electron chi connectivity index (χ2n) is 9.25. The standard InChI is InChI=1S/C29H30FN3O6/c1-18-6-3-4-8-23(18)31-29(37)32-24-11-9-19(14-26(24)38-2)15-27(34)33-13-5-7-21(33)17-39-25-12-10-20(28(35)36)16-22(25)30/h3-4,6,8-12,14,16,21H,5,7,13,15,17H2,1-2H3,(H,35,36)(H2,31,32,37)/t21-/m0/s1. The first-order chi connectivity index (χ1) is 18.7. The van der Waals surface area contributed by atoms with Gasteiger partial charge in [-0.1, -0.05) is 24.3 Å². The van der Waals surface area contributed by atoms with E-state index in [1.807, 2.05) is 31.2 Å². The molecular weight excluding hydrogens is 505 g/mol. The number of para-hydroxylation sites is 1. The van der Waals surface area contributed by atoms with Crippen LogP contribution in [0.15, 0.2) is 60.7 Å². The number of halogens is 1. The van der Waals surface area contributed by atoms with Gasteiger partial charge in [0, 0.05) is 12.2 Å². The number of nitrogens with one attached hydrogen (secondary N) is 2. The zero-order valence-electron chi connectivity index (χ0n) is 21.7. The topological polar surface area (TPSA) is 117 Å². The van der Waals surface area contributed by atoms with E-state index in [1.54, 1.807) is 23.1 Å². The SMILES string of the molecule is COc1cc(CC(=O)N2CCC[C@H]2COc2ccc(C(=O)O)cc2F)ccc1NC(=O)Nc1ccccc1C. The molecule has 4 rings (SSSR count). The average Bonchev–Trinajstić information content (AvgIpc) is 3.39. The summed E-state index contributed by atoms with van der Waals surface area (Å²) in [6.45, 7) is 2.55. The second-order valence-corrected chi connectivity index (χ2v) is 9.25. The lowest BCUT2D eigenvalue weighted by Gasteiger charge is -2.25. The summed E-state index contributed by atoms with van der Waals surface area (Å²) in [5.41, 5.74) is 2.63. The number of benzene rings is 3. The van der Waals surface area contributed by atoms with E-state index in [-0.39, 0.29) is 36.3 Å². The average molecular weight is 536 g/mol. The van der Waals surface area contributed by atoms with E-state index in [1.165, 1.54) is 19.2 Å². The minimum atomic E-state index is -1.22. The van der Waals surface area contributed by atoms with Gasteiger partial charge in [0.25, 0.3) is 0 Å². The lowest BCUT2D eigenvalue weighted by atomic mass is 10.1. The van der Waals surface area contributed by atoms with Crippen LogP contribution in [0.5, 0.6) is 11.5 Å². The van der Waals surface area contributed by atoms with Crippen LogP contribution >= 0.6 is 0 Å². The number of carbonyl (C=O) groups is 3. The molecule has 1 heterocycles. The molecule has 0 spiro atoms. The number of nitrogens with zero attached hydrogens (tertiary/aromatic N) is 1. The number of amides is 3. The van der Waals surface area contributed by atoms with E-state index in [2.05, 4.69) is 10.6 Å². The molecule has 0 bridgehead atoms. The number of aromatic carboxylic acids is 1. The number of aryl methyl sites for hydroxylation is 1. The summed E-state index contributed by atoms with van der Waals surface area (Å²) in [6, 6.07) is 15.4. The largest absolute Gasteiger partial charge is 0.495 e. The summed E-state index contributed by atoms with van der Waals surface area (Å²) >= 11 is 0. The first kappa shape index (κ1) is 27.4. The highest BCUT2D eigenvalue weighted by Crippen LogP contribution is 2.28. The van der Waals surface area contributed by atoms with Crippen LogP contribution in [0.2, 0.25) is 0 Å². The number of carbonyl (C=O) groups excluding carboxylic acids is 2. The van der Waals surface area contributed by atoms with Crippen molar-refractivity contribution in [2.45, 2.75) is 32.2 Å². The van der Waals surface area contributed by atoms with Gasteiger partial charge in [0.2, 0.25) is 5.91 Å². The highest BCUT2D eigenvalue weighted by Gasteiger charge is 2.29. The molecule has 1 aliphatic heterocycles. The smallest absolute Gasteiger partial charge is 0.335 e. The Morgan fingerprint density at radius 1 is 1.03 bits per heavy atom. The van der Waals surface area contributed by atoms with Crippen LogP contribution in [0.3, 0.4) is 0 Å². The van der Waals surface area contributed by atoms with Gasteiger partial charge in [-0.3, -0.25) is 4.79 Å². The lowest BCUT2D eigenvalue weighted by molar-refractivity contribution is -0.131. The first-order valence-electron chi connectivity index (χ1n) is 12.5. The van der Waals surface area contributed by atoms with Crippen molar-refractivity contribution < 1.29 is 33.4 Å². The number of hydrogen-bond donors (Lipinski definition) is 3. The molecule has 9 nitrogen and oxygen atoms in total. The van der Waals surface area contributed by atoms with Gasteiger partial charge in [0.05, 0.1) is 30.8 Å². The molecule has 0 aliphatic carbocycles. The van der Waals surface area contributed by atoms with Gasteiger partial charge >= 0.3 is 12.0 Å². The first-order valence-corrected chi connectivity index (χ1v) is 12.5. The van der Waals surface area contributed by atoms with E-state index in [9.17, 15) is 18.8 Å². The maximum atomic E-state index is 14.2. The van der Waals surface area contributed by atoms with E-state index in [0.717, 1.165) is 18.1 Å². The molecule has 1 atom stereocenters. The summed E-state index contributed by atoms with van der Waals surface area (Å²) in [5.74, 6) is -1.73. The van der Waals surface area contributed by atoms with Crippen LogP contribution in [-0.4, -0.2) is 54.2 Å². The number of rotatable bonds is 9. The molecular formula is C29H30FN3O6. The summed E-state index contributed by atoms with van der Waals surface area (Å²) in [4.78, 5) is 38.4. The van der Waals surface area contributed by atoms with Crippen molar-refractivity contribution in [2.24, 2.45) is 0 Å². The minimum Gasteiger partial charge on any atom is -0.495 e. The third-order valence-electron chi connectivity index (χ3n) is 6.57. The molecule has 3 aromatic rings. The highest BCUT2D eigenvalue weighted by atomic mass is 19.1. The van der Waals surface area contributed by atoms with E-state index >= 15 is 0 Å². The van der Waals surface area contributed by atoms with Crippen LogP contribution in [-0.2, 0) is 11.2 Å². The Morgan fingerprint density at radius 3 is 2.51 bits per heavy atom. The van der Waals surface area contributed by atoms with Crippen LogP contribution < -0.4 is 20.1 Å². The quantitative estimate of drug-likeness (QED) is 0.351. The summed E-state index contributed by atoms with van der Waals surface area (Å²) in [6.07, 6.45) is 1.62. The predicted octanol–water partition coefficient (Wildman–Crippen LogP) is 5.10. The normalized spacial score (nSPS) is 14.5. The Bertz CT molecular complexity index is 1380. The molecule has 0 radical (unpaired) electrons. The van der Waals surface area contributed by atoms with Crippen molar-refractivity contribution in [3.63, 3.8) is 0 Å².